The molecule has 35 heavy (non-hydrogen) atoms. The molecule has 176 valence electrons. The predicted molar refractivity (Wildman–Crippen MR) is 133 cm³/mol. The van der Waals surface area contributed by atoms with E-state index in [1.165, 1.54) is 23.1 Å². The van der Waals surface area contributed by atoms with Crippen LogP contribution in [-0.4, -0.2) is 28.4 Å². The van der Waals surface area contributed by atoms with Crippen LogP contribution < -0.4 is 9.64 Å². The Labute approximate surface area is 208 Å². The third-order valence-corrected chi connectivity index (χ3v) is 6.85. The molecule has 9 heteroatoms. The Hall–Kier alpha value is -3.75. The number of hydrogen-bond donors (Lipinski definition) is 1. The summed E-state index contributed by atoms with van der Waals surface area (Å²) in [4.78, 5) is 32.2. The van der Waals surface area contributed by atoms with Gasteiger partial charge in [0.15, 0.2) is 5.13 Å². The number of hydrogen-bond acceptors (Lipinski definition) is 6. The molecule has 4 aromatic rings. The van der Waals surface area contributed by atoms with Crippen LogP contribution in [0.4, 0.5) is 9.52 Å². The van der Waals surface area contributed by atoms with Gasteiger partial charge in [0.2, 0.25) is 0 Å². The number of aromatic nitrogens is 1. The van der Waals surface area contributed by atoms with Crippen molar-refractivity contribution < 1.29 is 23.8 Å². The second kappa shape index (κ2) is 9.13. The summed E-state index contributed by atoms with van der Waals surface area (Å²) in [5.74, 6) is -1.85. The van der Waals surface area contributed by atoms with Gasteiger partial charge in [0.1, 0.15) is 17.3 Å². The van der Waals surface area contributed by atoms with Gasteiger partial charge in [-0.15, -0.1) is 0 Å². The van der Waals surface area contributed by atoms with E-state index in [-0.39, 0.29) is 16.5 Å². The summed E-state index contributed by atoms with van der Waals surface area (Å²) in [6.45, 7) is 2.34. The quantitative estimate of drug-likeness (QED) is 0.200. The molecule has 3 aromatic carbocycles. The van der Waals surface area contributed by atoms with Crippen molar-refractivity contribution >= 4 is 55.7 Å². The van der Waals surface area contributed by atoms with Gasteiger partial charge in [0, 0.05) is 10.6 Å². The topological polar surface area (TPSA) is 79.7 Å². The fraction of sp³-hybridized carbons (Fsp3) is 0.115. The number of fused-ring (bicyclic) bond motifs is 1. The number of aliphatic hydroxyl groups is 1. The molecule has 0 aliphatic carbocycles. The highest BCUT2D eigenvalue weighted by molar-refractivity contribution is 7.22. The van der Waals surface area contributed by atoms with Crippen molar-refractivity contribution in [2.75, 3.05) is 11.5 Å². The van der Waals surface area contributed by atoms with Gasteiger partial charge in [0.25, 0.3) is 5.78 Å². The van der Waals surface area contributed by atoms with Crippen LogP contribution in [0.5, 0.6) is 5.75 Å². The molecule has 0 unspecified atom stereocenters. The Morgan fingerprint density at radius 2 is 1.91 bits per heavy atom. The molecule has 1 aliphatic heterocycles. The van der Waals surface area contributed by atoms with Crippen LogP contribution in [0.1, 0.15) is 24.1 Å². The number of nitrogens with zero attached hydrogens (tertiary/aromatic N) is 2. The number of aliphatic hydroxyl groups excluding tert-OH is 1. The van der Waals surface area contributed by atoms with Crippen molar-refractivity contribution in [2.24, 2.45) is 0 Å². The van der Waals surface area contributed by atoms with Gasteiger partial charge < -0.3 is 9.84 Å². The van der Waals surface area contributed by atoms with Crippen LogP contribution in [-0.2, 0) is 9.59 Å². The van der Waals surface area contributed by atoms with Crippen molar-refractivity contribution in [1.82, 2.24) is 4.98 Å². The SMILES string of the molecule is CCOc1ccc(C(O)=C2C(=O)C(=O)N(c3nc4ccc(F)cc4s3)[C@H]2c2cccc(Cl)c2)cc1. The van der Waals surface area contributed by atoms with Crippen LogP contribution in [0.15, 0.2) is 72.3 Å². The third kappa shape index (κ3) is 4.15. The molecule has 0 radical (unpaired) electrons. The van der Waals surface area contributed by atoms with Gasteiger partial charge in [-0.1, -0.05) is 35.1 Å². The Bertz CT molecular complexity index is 1500. The van der Waals surface area contributed by atoms with Crippen molar-refractivity contribution in [3.63, 3.8) is 0 Å². The zero-order chi connectivity index (χ0) is 24.7. The van der Waals surface area contributed by atoms with E-state index >= 15 is 0 Å². The molecule has 1 amide bonds. The third-order valence-electron chi connectivity index (χ3n) is 5.59. The number of ketones is 1. The minimum absolute atomic E-state index is 0.0909. The van der Waals surface area contributed by atoms with E-state index in [1.807, 2.05) is 6.92 Å². The molecule has 1 aliphatic rings. The maximum Gasteiger partial charge on any atom is 0.301 e. The summed E-state index contributed by atoms with van der Waals surface area (Å²) in [5, 5.41) is 11.8. The molecule has 0 saturated carbocycles. The van der Waals surface area contributed by atoms with E-state index in [9.17, 15) is 19.1 Å². The highest BCUT2D eigenvalue weighted by atomic mass is 35.5. The molecule has 2 heterocycles. The summed E-state index contributed by atoms with van der Waals surface area (Å²) in [6.07, 6.45) is 0. The predicted octanol–water partition coefficient (Wildman–Crippen LogP) is 6.11. The standard InChI is InChI=1S/C26H18ClFN2O4S/c1-2-34-18-9-6-14(7-10-18)23(31)21-22(15-4-3-5-16(27)12-15)30(25(33)24(21)32)26-29-19-11-8-17(28)13-20(19)35-26/h3-13,22,31H,2H2,1H3/t22-/m0/s1. The van der Waals surface area contributed by atoms with Gasteiger partial charge in [-0.3, -0.25) is 14.5 Å². The van der Waals surface area contributed by atoms with Crippen molar-refractivity contribution in [1.29, 1.82) is 0 Å². The van der Waals surface area contributed by atoms with Crippen molar-refractivity contribution in [3.8, 4) is 5.75 Å². The van der Waals surface area contributed by atoms with E-state index in [2.05, 4.69) is 4.98 Å². The smallest absolute Gasteiger partial charge is 0.301 e. The molecule has 1 saturated heterocycles. The Kier molecular flexibility index (Phi) is 6.00. The lowest BCUT2D eigenvalue weighted by molar-refractivity contribution is -0.132. The van der Waals surface area contributed by atoms with Gasteiger partial charge in [0.05, 0.1) is 28.4 Å². The molecule has 1 aromatic heterocycles. The monoisotopic (exact) mass is 508 g/mol. The number of ether oxygens (including phenoxy) is 1. The number of amides is 1. The van der Waals surface area contributed by atoms with E-state index < -0.39 is 23.5 Å². The number of carbonyl (C=O) groups is 2. The van der Waals surface area contributed by atoms with Crippen LogP contribution in [0, 0.1) is 5.82 Å². The lowest BCUT2D eigenvalue weighted by atomic mass is 9.95. The van der Waals surface area contributed by atoms with E-state index in [4.69, 9.17) is 16.3 Å². The second-order valence-electron chi connectivity index (χ2n) is 7.79. The molecule has 1 fully saturated rings. The van der Waals surface area contributed by atoms with Crippen LogP contribution in [0.3, 0.4) is 0 Å². The first-order valence-electron chi connectivity index (χ1n) is 10.7. The average molecular weight is 509 g/mol. The first kappa shape index (κ1) is 23.0. The Morgan fingerprint density at radius 1 is 1.14 bits per heavy atom. The number of Topliss-reactive ketones (excluding diaryl/α,β-unsaturated/α-hetero) is 1. The lowest BCUT2D eigenvalue weighted by Crippen LogP contribution is -2.29. The minimum atomic E-state index is -0.981. The largest absolute Gasteiger partial charge is 0.507 e. The zero-order valence-electron chi connectivity index (χ0n) is 18.4. The fourth-order valence-electron chi connectivity index (χ4n) is 4.04. The molecule has 1 N–H and O–H groups in total. The summed E-state index contributed by atoms with van der Waals surface area (Å²) in [7, 11) is 0. The van der Waals surface area contributed by atoms with Crippen molar-refractivity contribution in [2.45, 2.75) is 13.0 Å². The normalized spacial score (nSPS) is 17.3. The molecule has 5 rings (SSSR count). The summed E-state index contributed by atoms with van der Waals surface area (Å²) >= 11 is 7.31. The number of halogens is 2. The minimum Gasteiger partial charge on any atom is -0.507 e. The highest BCUT2D eigenvalue weighted by Gasteiger charge is 2.48. The van der Waals surface area contributed by atoms with E-state index in [0.29, 0.717) is 38.7 Å². The van der Waals surface area contributed by atoms with Crippen LogP contribution in [0.25, 0.3) is 16.0 Å². The maximum atomic E-state index is 13.8. The number of thiazole rings is 1. The molecule has 1 atom stereocenters. The fourth-order valence-corrected chi connectivity index (χ4v) is 5.26. The van der Waals surface area contributed by atoms with Gasteiger partial charge in [-0.2, -0.15) is 0 Å². The molecular formula is C26H18ClFN2O4S. The molecule has 6 nitrogen and oxygen atoms in total. The second-order valence-corrected chi connectivity index (χ2v) is 9.24. The van der Waals surface area contributed by atoms with Gasteiger partial charge in [-0.25, -0.2) is 9.37 Å². The first-order chi connectivity index (χ1) is 16.9. The molecule has 0 spiro atoms. The summed E-state index contributed by atoms with van der Waals surface area (Å²) < 4.78 is 19.7. The van der Waals surface area contributed by atoms with Crippen LogP contribution >= 0.6 is 22.9 Å². The van der Waals surface area contributed by atoms with Crippen LogP contribution in [0.2, 0.25) is 5.02 Å². The first-order valence-corrected chi connectivity index (χ1v) is 11.9. The Balaban J connectivity index is 1.69. The number of benzene rings is 3. The van der Waals surface area contributed by atoms with Gasteiger partial charge in [-0.05, 0) is 67.1 Å². The Morgan fingerprint density at radius 3 is 2.63 bits per heavy atom. The number of anilines is 1. The maximum absolute atomic E-state index is 13.8. The van der Waals surface area contributed by atoms with E-state index in [0.717, 1.165) is 11.3 Å². The summed E-state index contributed by atoms with van der Waals surface area (Å²) in [5.41, 5.74) is 1.27. The van der Waals surface area contributed by atoms with Crippen molar-refractivity contribution in [3.05, 3.63) is 94.3 Å². The highest BCUT2D eigenvalue weighted by Crippen LogP contribution is 2.44. The summed E-state index contributed by atoms with van der Waals surface area (Å²) in [6, 6.07) is 16.4. The van der Waals surface area contributed by atoms with Gasteiger partial charge >= 0.3 is 5.91 Å². The lowest BCUT2D eigenvalue weighted by Gasteiger charge is -2.23. The van der Waals surface area contributed by atoms with E-state index in [1.54, 1.807) is 48.5 Å². The average Bonchev–Trinajstić information content (AvgIpc) is 3.37. The molecule has 0 bridgehead atoms. The number of carbonyl (C=O) groups excluding carboxylic acids is 2. The zero-order valence-corrected chi connectivity index (χ0v) is 19.9. The number of rotatable bonds is 5. The molecular weight excluding hydrogens is 491 g/mol.